The molecule has 1 saturated heterocycles. The lowest BCUT2D eigenvalue weighted by Gasteiger charge is -2.38. The topological polar surface area (TPSA) is 35.5 Å². The van der Waals surface area contributed by atoms with Crippen LogP contribution in [0.2, 0.25) is 0 Å². The number of fused-ring (bicyclic) bond motifs is 4. The van der Waals surface area contributed by atoms with Crippen LogP contribution in [0.3, 0.4) is 0 Å². The number of hydrogen-bond donors (Lipinski definition) is 0. The van der Waals surface area contributed by atoms with E-state index >= 15 is 0 Å². The van der Waals surface area contributed by atoms with Gasteiger partial charge in [0.05, 0.1) is 13.2 Å². The van der Waals surface area contributed by atoms with Crippen molar-refractivity contribution in [1.82, 2.24) is 0 Å². The number of carbonyl (C=O) groups is 1. The number of aryl methyl sites for hydroxylation is 2. The summed E-state index contributed by atoms with van der Waals surface area (Å²) in [4.78, 5) is 11.7. The molecule has 0 bridgehead atoms. The molecule has 5 aliphatic rings. The molecular weight excluding hydrogens is 745 g/mol. The van der Waals surface area contributed by atoms with Gasteiger partial charge in [-0.1, -0.05) is 151 Å². The van der Waals surface area contributed by atoms with Crippen LogP contribution >= 0.6 is 0 Å². The minimum Gasteiger partial charge on any atom is -0.348 e. The van der Waals surface area contributed by atoms with Crippen LogP contribution in [-0.4, -0.2) is 24.8 Å². The summed E-state index contributed by atoms with van der Waals surface area (Å²) in [7, 11) is 0. The van der Waals surface area contributed by atoms with Gasteiger partial charge in [-0.25, -0.2) is 0 Å². The Balaban J connectivity index is 0.000000147. The number of hydrogen-bond acceptors (Lipinski definition) is 3. The van der Waals surface area contributed by atoms with Crippen molar-refractivity contribution in [2.24, 2.45) is 0 Å². The summed E-state index contributed by atoms with van der Waals surface area (Å²) in [5, 5.41) is 5.79. The Morgan fingerprint density at radius 3 is 1.43 bits per heavy atom. The van der Waals surface area contributed by atoms with Crippen LogP contribution in [0.4, 0.5) is 0 Å². The second-order valence-electron chi connectivity index (χ2n) is 20.1. The molecule has 1 aliphatic heterocycles. The molecule has 1 heterocycles. The third-order valence-corrected chi connectivity index (χ3v) is 15.7. The summed E-state index contributed by atoms with van der Waals surface area (Å²) in [6, 6.07) is 37.7. The van der Waals surface area contributed by atoms with Crippen molar-refractivity contribution in [3.8, 4) is 22.3 Å². The molecule has 0 unspecified atom stereocenters. The summed E-state index contributed by atoms with van der Waals surface area (Å²) in [6.07, 6.45) is 12.4. The zero-order valence-electron chi connectivity index (χ0n) is 37.5. The highest BCUT2D eigenvalue weighted by Gasteiger charge is 2.42. The van der Waals surface area contributed by atoms with Gasteiger partial charge < -0.3 is 9.47 Å². The molecule has 6 aromatic rings. The maximum absolute atomic E-state index is 11.7. The summed E-state index contributed by atoms with van der Waals surface area (Å²) >= 11 is 0. The molecule has 1 spiro atoms. The van der Waals surface area contributed by atoms with E-state index in [1.807, 2.05) is 0 Å². The molecule has 0 N–H and O–H groups in total. The second-order valence-corrected chi connectivity index (χ2v) is 20.1. The first kappa shape index (κ1) is 40.5. The zero-order valence-corrected chi connectivity index (χ0v) is 37.5. The number of Topliss-reactive ketones (excluding diaryl/α,β-unsaturated/α-hetero) is 1. The summed E-state index contributed by atoms with van der Waals surface area (Å²) < 4.78 is 11.9. The number of carbonyl (C=O) groups excluding carboxylic acids is 1. The quantitative estimate of drug-likeness (QED) is 0.168. The molecule has 2 saturated carbocycles. The van der Waals surface area contributed by atoms with Gasteiger partial charge in [0, 0.05) is 36.5 Å². The molecule has 3 nitrogen and oxygen atoms in total. The predicted octanol–water partition coefficient (Wildman–Crippen LogP) is 14.8. The highest BCUT2D eigenvalue weighted by atomic mass is 16.7. The van der Waals surface area contributed by atoms with E-state index < -0.39 is 0 Å². The van der Waals surface area contributed by atoms with Crippen molar-refractivity contribution in [3.05, 3.63) is 142 Å². The van der Waals surface area contributed by atoms with Gasteiger partial charge >= 0.3 is 0 Å². The maximum Gasteiger partial charge on any atom is 0.168 e. The number of ether oxygens (including phenoxy) is 2. The van der Waals surface area contributed by atoms with Gasteiger partial charge in [0.2, 0.25) is 0 Å². The average Bonchev–Trinajstić information content (AvgIpc) is 3.73. The van der Waals surface area contributed by atoms with E-state index in [0.717, 1.165) is 77.4 Å². The van der Waals surface area contributed by atoms with Crippen LogP contribution < -0.4 is 0 Å². The number of rotatable bonds is 6. The lowest BCUT2D eigenvalue weighted by atomic mass is 9.67. The van der Waals surface area contributed by atoms with Gasteiger partial charge in [0.1, 0.15) is 5.78 Å². The average molecular weight is 809 g/mol. The minimum atomic E-state index is -0.283. The first-order valence-corrected chi connectivity index (χ1v) is 23.7. The van der Waals surface area contributed by atoms with Crippen LogP contribution in [0.25, 0.3) is 43.8 Å². The first-order chi connectivity index (χ1) is 29.5. The summed E-state index contributed by atoms with van der Waals surface area (Å²) in [5.74, 6) is 1.27. The van der Waals surface area contributed by atoms with Crippen LogP contribution in [0, 0.1) is 0 Å². The van der Waals surface area contributed by atoms with Crippen molar-refractivity contribution in [3.63, 3.8) is 0 Å². The molecule has 0 radical (unpaired) electrons. The zero-order chi connectivity index (χ0) is 42.1. The number of ketones is 1. The van der Waals surface area contributed by atoms with Gasteiger partial charge in [0.15, 0.2) is 5.79 Å². The smallest absolute Gasteiger partial charge is 0.168 e. The minimum absolute atomic E-state index is 0.00371. The fraction of sp³-hybridized carbons (Fsp3) is 0.431. The van der Waals surface area contributed by atoms with E-state index in [0.29, 0.717) is 17.6 Å². The van der Waals surface area contributed by atoms with Crippen LogP contribution in [-0.2, 0) is 37.9 Å². The Hall–Kier alpha value is -4.57. The maximum atomic E-state index is 11.7. The van der Waals surface area contributed by atoms with Crippen molar-refractivity contribution < 1.29 is 14.3 Å². The summed E-state index contributed by atoms with van der Waals surface area (Å²) in [5.41, 5.74) is 17.3. The van der Waals surface area contributed by atoms with Crippen LogP contribution in [0.1, 0.15) is 162 Å². The molecule has 314 valence electrons. The Morgan fingerprint density at radius 1 is 0.525 bits per heavy atom. The van der Waals surface area contributed by atoms with Crippen LogP contribution in [0.15, 0.2) is 97.1 Å². The molecule has 3 fully saturated rings. The van der Waals surface area contributed by atoms with E-state index in [9.17, 15) is 4.79 Å². The van der Waals surface area contributed by atoms with Gasteiger partial charge in [-0.05, 0) is 139 Å². The van der Waals surface area contributed by atoms with Crippen molar-refractivity contribution in [1.29, 1.82) is 0 Å². The Morgan fingerprint density at radius 2 is 0.967 bits per heavy atom. The lowest BCUT2D eigenvalue weighted by Crippen LogP contribution is -2.34. The highest BCUT2D eigenvalue weighted by molar-refractivity contribution is 6.06. The first-order valence-electron chi connectivity index (χ1n) is 23.7. The molecular formula is C58H64O3. The molecule has 3 heteroatoms. The molecule has 11 rings (SSSR count). The second kappa shape index (κ2) is 15.7. The fourth-order valence-electron chi connectivity index (χ4n) is 12.3. The molecule has 61 heavy (non-hydrogen) atoms. The predicted molar refractivity (Wildman–Crippen MR) is 253 cm³/mol. The molecule has 0 atom stereocenters. The van der Waals surface area contributed by atoms with E-state index in [1.54, 1.807) is 0 Å². The lowest BCUT2D eigenvalue weighted by molar-refractivity contribution is -0.178. The third kappa shape index (κ3) is 6.81. The monoisotopic (exact) mass is 808 g/mol. The molecule has 4 aliphatic carbocycles. The summed E-state index contributed by atoms with van der Waals surface area (Å²) in [6.45, 7) is 15.6. The van der Waals surface area contributed by atoms with Crippen molar-refractivity contribution in [2.75, 3.05) is 13.2 Å². The van der Waals surface area contributed by atoms with Gasteiger partial charge in [-0.15, -0.1) is 0 Å². The Labute approximate surface area is 364 Å². The SMILES string of the molecule is CCCc1ccc2c3c(cccc13)C(C)(C)c1cc(C3CCC(=O)CC3)ccc1-2.CCCc1ccc2c3c(cccc13)C(C)(C)c1cc(C3CCC4(CC3)OCCO4)ccc1-2. The molecule has 0 aromatic heterocycles. The fourth-order valence-corrected chi connectivity index (χ4v) is 12.3. The van der Waals surface area contributed by atoms with Gasteiger partial charge in [-0.2, -0.15) is 0 Å². The van der Waals surface area contributed by atoms with Crippen LogP contribution in [0.5, 0.6) is 0 Å². The normalized spacial score (nSPS) is 19.7. The van der Waals surface area contributed by atoms with Gasteiger partial charge in [-0.3, -0.25) is 4.79 Å². The van der Waals surface area contributed by atoms with E-state index in [-0.39, 0.29) is 16.6 Å². The Kier molecular flexibility index (Phi) is 10.4. The Bertz CT molecular complexity index is 2650. The standard InChI is InChI=1S/C30H34O2.C28H30O/c1-4-6-21-9-12-25-24-11-10-22(20-13-15-30(16-14-20)31-17-18-32-30)19-27(24)29(2,3)26-8-5-7-23(21)28(25)26;1-4-6-19-11-16-24-23-15-12-20(18-9-13-21(29)14-10-18)17-26(23)28(2,3)25-8-5-7-22(19)27(24)25/h5,7-12,19-20H,4,6,13-18H2,1-3H3;5,7-8,11-12,15-18H,4,6,9-10,13-14H2,1-3H3. The highest BCUT2D eigenvalue weighted by Crippen LogP contribution is 2.52. The molecule has 0 amide bonds. The largest absolute Gasteiger partial charge is 0.348 e. The van der Waals surface area contributed by atoms with Gasteiger partial charge in [0.25, 0.3) is 0 Å². The van der Waals surface area contributed by atoms with E-state index in [1.165, 1.54) is 101 Å². The van der Waals surface area contributed by atoms with E-state index in [4.69, 9.17) is 9.47 Å². The molecule has 6 aromatic carbocycles. The van der Waals surface area contributed by atoms with Crippen molar-refractivity contribution >= 4 is 27.3 Å². The number of benzene rings is 6. The van der Waals surface area contributed by atoms with Crippen molar-refractivity contribution in [2.45, 2.75) is 147 Å². The third-order valence-electron chi connectivity index (χ3n) is 15.7. The van der Waals surface area contributed by atoms with E-state index in [2.05, 4.69) is 139 Å².